The Hall–Kier alpha value is -0.200. The summed E-state index contributed by atoms with van der Waals surface area (Å²) >= 11 is 0. The highest BCUT2D eigenvalue weighted by atomic mass is 16.5. The Morgan fingerprint density at radius 3 is 2.16 bits per heavy atom. The fraction of sp³-hybridized carbons (Fsp3) is 1.00. The summed E-state index contributed by atoms with van der Waals surface area (Å²) in [5.74, 6) is 0. The Morgan fingerprint density at radius 1 is 1.00 bits per heavy atom. The molecule has 0 radical (unpaired) electrons. The molecule has 0 aromatic heterocycles. The van der Waals surface area contributed by atoms with Gasteiger partial charge in [0.1, 0.15) is 0 Å². The van der Waals surface area contributed by atoms with Gasteiger partial charge in [-0.3, -0.25) is 0 Å². The smallest absolute Gasteiger partial charge is 0.0781 e. The highest BCUT2D eigenvalue weighted by Gasteiger charge is 2.04. The van der Waals surface area contributed by atoms with Crippen LogP contribution in [0.25, 0.3) is 0 Å². The summed E-state index contributed by atoms with van der Waals surface area (Å²) in [6.07, 6.45) is 2.57. The van der Waals surface area contributed by atoms with Crippen molar-refractivity contribution in [3.8, 4) is 0 Å². The van der Waals surface area contributed by atoms with Gasteiger partial charge in [-0.15, -0.1) is 0 Å². The third-order valence-electron chi connectivity index (χ3n) is 2.30. The Bertz CT molecular complexity index is 149. The number of methoxy groups -OCH3 is 2. The van der Waals surface area contributed by atoms with E-state index in [2.05, 4.69) is 6.92 Å². The van der Waals surface area contributed by atoms with E-state index in [0.29, 0.717) is 19.8 Å². The molecule has 0 heterocycles. The fourth-order valence-corrected chi connectivity index (χ4v) is 1.06. The molecule has 2 atom stereocenters. The first-order valence-electron chi connectivity index (χ1n) is 6.94. The number of aliphatic hydroxyl groups is 1. The van der Waals surface area contributed by atoms with Crippen molar-refractivity contribution in [3.63, 3.8) is 0 Å². The van der Waals surface area contributed by atoms with Crippen LogP contribution in [0.2, 0.25) is 0 Å². The monoisotopic (exact) mass is 280 g/mol. The normalized spacial score (nSPS) is 13.6. The van der Waals surface area contributed by atoms with Crippen LogP contribution >= 0.6 is 0 Å². The second-order valence-electron chi connectivity index (χ2n) is 4.34. The van der Waals surface area contributed by atoms with Crippen molar-refractivity contribution in [1.29, 1.82) is 0 Å². The maximum atomic E-state index is 8.24. The van der Waals surface area contributed by atoms with E-state index in [-0.39, 0.29) is 18.8 Å². The molecule has 0 saturated carbocycles. The van der Waals surface area contributed by atoms with E-state index < -0.39 is 0 Å². The second kappa shape index (κ2) is 17.8. The number of aliphatic hydroxyl groups excluding tert-OH is 1. The number of hydrogen-bond acceptors (Lipinski definition) is 5. The lowest BCUT2D eigenvalue weighted by molar-refractivity contribution is -0.0386. The zero-order valence-electron chi connectivity index (χ0n) is 13.2. The highest BCUT2D eigenvalue weighted by molar-refractivity contribution is 4.50. The summed E-state index contributed by atoms with van der Waals surface area (Å²) < 4.78 is 20.3. The summed E-state index contributed by atoms with van der Waals surface area (Å²) in [5.41, 5.74) is 0. The summed E-state index contributed by atoms with van der Waals surface area (Å²) in [6.45, 7) is 8.74. The van der Waals surface area contributed by atoms with E-state index in [0.717, 1.165) is 19.4 Å². The van der Waals surface area contributed by atoms with Crippen LogP contribution in [-0.4, -0.2) is 64.6 Å². The third-order valence-corrected chi connectivity index (χ3v) is 2.30. The van der Waals surface area contributed by atoms with Crippen molar-refractivity contribution in [2.24, 2.45) is 0 Å². The van der Waals surface area contributed by atoms with Crippen molar-refractivity contribution in [2.45, 2.75) is 45.8 Å². The summed E-state index contributed by atoms with van der Waals surface area (Å²) in [5, 5.41) is 8.24. The van der Waals surface area contributed by atoms with Crippen molar-refractivity contribution in [2.75, 3.05) is 47.3 Å². The fourth-order valence-electron chi connectivity index (χ4n) is 1.06. The zero-order valence-corrected chi connectivity index (χ0v) is 13.2. The molecular weight excluding hydrogens is 248 g/mol. The second-order valence-corrected chi connectivity index (χ2v) is 4.34. The van der Waals surface area contributed by atoms with E-state index in [1.807, 2.05) is 13.8 Å². The number of rotatable bonds is 11. The average molecular weight is 280 g/mol. The summed E-state index contributed by atoms with van der Waals surface area (Å²) in [6, 6.07) is 0. The van der Waals surface area contributed by atoms with Crippen LogP contribution in [0.1, 0.15) is 33.6 Å². The van der Waals surface area contributed by atoms with Gasteiger partial charge in [0.05, 0.1) is 38.6 Å². The molecule has 19 heavy (non-hydrogen) atoms. The molecule has 0 aromatic rings. The maximum absolute atomic E-state index is 8.24. The minimum atomic E-state index is 0.143. The minimum Gasteiger partial charge on any atom is -0.394 e. The van der Waals surface area contributed by atoms with Crippen LogP contribution in [0, 0.1) is 0 Å². The number of ether oxygens (including phenoxy) is 4. The lowest BCUT2D eigenvalue weighted by Crippen LogP contribution is -2.21. The third kappa shape index (κ3) is 20.3. The molecule has 0 aliphatic carbocycles. The first-order chi connectivity index (χ1) is 9.12. The molecule has 0 bridgehead atoms. The molecule has 0 saturated heterocycles. The van der Waals surface area contributed by atoms with Crippen LogP contribution in [0.5, 0.6) is 0 Å². The van der Waals surface area contributed by atoms with Gasteiger partial charge in [0.15, 0.2) is 0 Å². The maximum Gasteiger partial charge on any atom is 0.0781 e. The molecule has 0 rings (SSSR count). The topological polar surface area (TPSA) is 57.2 Å². The van der Waals surface area contributed by atoms with Crippen molar-refractivity contribution < 1.29 is 24.1 Å². The van der Waals surface area contributed by atoms with Gasteiger partial charge in [0.25, 0.3) is 0 Å². The first-order valence-corrected chi connectivity index (χ1v) is 6.94. The largest absolute Gasteiger partial charge is 0.394 e. The van der Waals surface area contributed by atoms with Crippen molar-refractivity contribution >= 4 is 0 Å². The molecular formula is C14H32O5. The van der Waals surface area contributed by atoms with Gasteiger partial charge < -0.3 is 24.1 Å². The standard InChI is InChI=1S/C8H18O3.C6H14O2/c1-7(10-4)6-11-8(2)5-9-3;1-2-3-5-8-6-4-7/h7-8H,5-6H2,1-4H3;7H,2-6H2,1H3. The van der Waals surface area contributed by atoms with E-state index in [1.54, 1.807) is 14.2 Å². The quantitative estimate of drug-likeness (QED) is 0.586. The minimum absolute atomic E-state index is 0.143. The molecule has 0 aromatic carbocycles. The van der Waals surface area contributed by atoms with Crippen molar-refractivity contribution in [1.82, 2.24) is 0 Å². The van der Waals surface area contributed by atoms with Crippen molar-refractivity contribution in [3.05, 3.63) is 0 Å². The molecule has 0 aliphatic rings. The highest BCUT2D eigenvalue weighted by Crippen LogP contribution is 1.95. The molecule has 118 valence electrons. The Balaban J connectivity index is 0. The molecule has 5 heteroatoms. The first kappa shape index (κ1) is 21.1. The lowest BCUT2D eigenvalue weighted by atomic mass is 10.4. The number of hydrogen-bond donors (Lipinski definition) is 1. The Morgan fingerprint density at radius 2 is 1.68 bits per heavy atom. The Kier molecular flexibility index (Phi) is 19.8. The summed E-state index contributed by atoms with van der Waals surface area (Å²) in [7, 11) is 3.34. The van der Waals surface area contributed by atoms with E-state index in [4.69, 9.17) is 24.1 Å². The predicted octanol–water partition coefficient (Wildman–Crippen LogP) is 1.87. The van der Waals surface area contributed by atoms with E-state index in [1.165, 1.54) is 0 Å². The van der Waals surface area contributed by atoms with Gasteiger partial charge >= 0.3 is 0 Å². The average Bonchev–Trinajstić information content (AvgIpc) is 2.42. The predicted molar refractivity (Wildman–Crippen MR) is 76.6 cm³/mol. The van der Waals surface area contributed by atoms with Crippen LogP contribution in [0.15, 0.2) is 0 Å². The van der Waals surface area contributed by atoms with Crippen LogP contribution in [0.3, 0.4) is 0 Å². The SMILES string of the molecule is CCCCOCCO.COCC(C)OCC(C)OC. The molecule has 5 nitrogen and oxygen atoms in total. The zero-order chi connectivity index (χ0) is 14.9. The lowest BCUT2D eigenvalue weighted by Gasteiger charge is -2.14. The molecule has 2 unspecified atom stereocenters. The van der Waals surface area contributed by atoms with Gasteiger partial charge in [0.2, 0.25) is 0 Å². The number of unbranched alkanes of at least 4 members (excludes halogenated alkanes) is 1. The molecule has 0 spiro atoms. The molecule has 0 fully saturated rings. The van der Waals surface area contributed by atoms with Gasteiger partial charge in [0, 0.05) is 20.8 Å². The van der Waals surface area contributed by atoms with Crippen LogP contribution < -0.4 is 0 Å². The molecule has 0 aliphatic heterocycles. The summed E-state index contributed by atoms with van der Waals surface area (Å²) in [4.78, 5) is 0. The van der Waals surface area contributed by atoms with Gasteiger partial charge in [-0.05, 0) is 20.3 Å². The van der Waals surface area contributed by atoms with Crippen LogP contribution in [-0.2, 0) is 18.9 Å². The molecule has 0 amide bonds. The van der Waals surface area contributed by atoms with Gasteiger partial charge in [-0.1, -0.05) is 13.3 Å². The van der Waals surface area contributed by atoms with Gasteiger partial charge in [-0.25, -0.2) is 0 Å². The van der Waals surface area contributed by atoms with E-state index in [9.17, 15) is 0 Å². The van der Waals surface area contributed by atoms with E-state index >= 15 is 0 Å². The molecule has 1 N–H and O–H groups in total. The Labute approximate surface area is 118 Å². The van der Waals surface area contributed by atoms with Crippen LogP contribution in [0.4, 0.5) is 0 Å². The van der Waals surface area contributed by atoms with Gasteiger partial charge in [-0.2, -0.15) is 0 Å².